The molecule has 0 radical (unpaired) electrons. The van der Waals surface area contributed by atoms with E-state index in [4.69, 9.17) is 0 Å². The van der Waals surface area contributed by atoms with Gasteiger partial charge in [0.2, 0.25) is 11.8 Å². The molecule has 0 bridgehead atoms. The van der Waals surface area contributed by atoms with Crippen LogP contribution in [0.3, 0.4) is 0 Å². The summed E-state index contributed by atoms with van der Waals surface area (Å²) in [5.41, 5.74) is 2.27. The van der Waals surface area contributed by atoms with Gasteiger partial charge in [0.15, 0.2) is 0 Å². The summed E-state index contributed by atoms with van der Waals surface area (Å²) in [5, 5.41) is 12.6. The first kappa shape index (κ1) is 24.1. The third kappa shape index (κ3) is 5.93. The Morgan fingerprint density at radius 3 is 2.58 bits per heavy atom. The van der Waals surface area contributed by atoms with E-state index >= 15 is 0 Å². The van der Waals surface area contributed by atoms with Crippen LogP contribution in [-0.4, -0.2) is 58.5 Å². The molecule has 1 aliphatic heterocycles. The van der Waals surface area contributed by atoms with E-state index in [1.807, 2.05) is 11.8 Å². The molecule has 1 heterocycles. The van der Waals surface area contributed by atoms with Gasteiger partial charge in [0.1, 0.15) is 5.82 Å². The van der Waals surface area contributed by atoms with Gasteiger partial charge in [-0.3, -0.25) is 14.5 Å². The fourth-order valence-corrected chi connectivity index (χ4v) is 5.88. The molecular weight excluding hydrogens is 421 g/mol. The van der Waals surface area contributed by atoms with Crippen molar-refractivity contribution in [3.63, 3.8) is 0 Å². The van der Waals surface area contributed by atoms with Crippen LogP contribution < -0.4 is 5.32 Å². The van der Waals surface area contributed by atoms with Crippen LogP contribution in [0, 0.1) is 24.6 Å². The average Bonchev–Trinajstić information content (AvgIpc) is 3.43. The molecule has 33 heavy (non-hydrogen) atoms. The highest BCUT2D eigenvalue weighted by Crippen LogP contribution is 2.30. The van der Waals surface area contributed by atoms with Gasteiger partial charge in [-0.1, -0.05) is 12.8 Å². The number of hydrogen-bond acceptors (Lipinski definition) is 4. The summed E-state index contributed by atoms with van der Waals surface area (Å²) in [4.78, 5) is 29.7. The maximum absolute atomic E-state index is 14.4. The molecule has 1 saturated heterocycles. The lowest BCUT2D eigenvalue weighted by atomic mass is 10.0. The lowest BCUT2D eigenvalue weighted by molar-refractivity contribution is -0.140. The number of halogens is 1. The second-order valence-corrected chi connectivity index (χ2v) is 10.4. The van der Waals surface area contributed by atoms with Crippen molar-refractivity contribution < 1.29 is 19.1 Å². The van der Waals surface area contributed by atoms with Gasteiger partial charge in [-0.05, 0) is 75.1 Å². The number of carbonyl (C=O) groups is 2. The number of carbonyl (C=O) groups excluding carboxylic acids is 2. The zero-order valence-electron chi connectivity index (χ0n) is 20.0. The third-order valence-electron chi connectivity index (χ3n) is 7.83. The molecular formula is C26H38FN3O3. The van der Waals surface area contributed by atoms with Crippen LogP contribution in [0.15, 0.2) is 12.1 Å². The molecule has 2 aliphatic carbocycles. The highest BCUT2D eigenvalue weighted by atomic mass is 19.1. The van der Waals surface area contributed by atoms with Gasteiger partial charge in [0.05, 0.1) is 6.10 Å². The fraction of sp³-hybridized carbons (Fsp3) is 0.692. The molecule has 2 saturated carbocycles. The summed E-state index contributed by atoms with van der Waals surface area (Å²) in [7, 11) is 0. The monoisotopic (exact) mass is 459 g/mol. The minimum absolute atomic E-state index is 0.124. The average molecular weight is 460 g/mol. The normalized spacial score (nSPS) is 26.7. The molecule has 3 atom stereocenters. The molecule has 182 valence electrons. The number of nitrogens with one attached hydrogen (secondary N) is 1. The first-order valence-corrected chi connectivity index (χ1v) is 12.6. The summed E-state index contributed by atoms with van der Waals surface area (Å²) in [5.74, 6) is 0.217. The summed E-state index contributed by atoms with van der Waals surface area (Å²) < 4.78 is 14.4. The predicted octanol–water partition coefficient (Wildman–Crippen LogP) is 3.85. The Morgan fingerprint density at radius 1 is 1.15 bits per heavy atom. The van der Waals surface area contributed by atoms with Gasteiger partial charge in [-0.15, -0.1) is 0 Å². The summed E-state index contributed by atoms with van der Waals surface area (Å²) in [6, 6.07) is 3.08. The fourth-order valence-electron chi connectivity index (χ4n) is 5.88. The Bertz CT molecular complexity index is 871. The summed E-state index contributed by atoms with van der Waals surface area (Å²) in [6.45, 7) is 6.86. The van der Waals surface area contributed by atoms with Crippen LogP contribution >= 0.6 is 0 Å². The van der Waals surface area contributed by atoms with Crippen LogP contribution in [0.2, 0.25) is 0 Å². The molecule has 0 aromatic heterocycles. The van der Waals surface area contributed by atoms with E-state index in [-0.39, 0.29) is 35.7 Å². The summed E-state index contributed by atoms with van der Waals surface area (Å²) >= 11 is 0. The Hall–Kier alpha value is -1.99. The van der Waals surface area contributed by atoms with Crippen LogP contribution in [0.5, 0.6) is 0 Å². The van der Waals surface area contributed by atoms with Gasteiger partial charge >= 0.3 is 0 Å². The van der Waals surface area contributed by atoms with Crippen molar-refractivity contribution in [2.45, 2.75) is 83.9 Å². The number of hydrogen-bond donors (Lipinski definition) is 2. The van der Waals surface area contributed by atoms with E-state index in [2.05, 4.69) is 17.1 Å². The topological polar surface area (TPSA) is 72.9 Å². The Kier molecular flexibility index (Phi) is 7.69. The van der Waals surface area contributed by atoms with Crippen molar-refractivity contribution in [3.8, 4) is 0 Å². The maximum Gasteiger partial charge on any atom is 0.226 e. The van der Waals surface area contributed by atoms with E-state index in [1.54, 1.807) is 6.07 Å². The number of benzene rings is 1. The zero-order valence-corrected chi connectivity index (χ0v) is 20.0. The molecule has 6 nitrogen and oxygen atoms in total. The summed E-state index contributed by atoms with van der Waals surface area (Å²) in [6.07, 6.45) is 6.67. The highest BCUT2D eigenvalue weighted by Gasteiger charge is 2.33. The molecule has 4 rings (SSSR count). The van der Waals surface area contributed by atoms with Crippen LogP contribution in [0.4, 0.5) is 10.1 Å². The smallest absolute Gasteiger partial charge is 0.226 e. The molecule has 3 aliphatic rings. The van der Waals surface area contributed by atoms with Gasteiger partial charge in [0, 0.05) is 50.2 Å². The molecule has 2 unspecified atom stereocenters. The number of anilines is 1. The minimum Gasteiger partial charge on any atom is -0.393 e. The highest BCUT2D eigenvalue weighted by molar-refractivity contribution is 5.91. The number of aliphatic hydroxyl groups is 1. The van der Waals surface area contributed by atoms with E-state index in [9.17, 15) is 19.1 Å². The van der Waals surface area contributed by atoms with E-state index in [1.165, 1.54) is 6.07 Å². The number of piperazine rings is 1. The largest absolute Gasteiger partial charge is 0.393 e. The van der Waals surface area contributed by atoms with Crippen molar-refractivity contribution in [2.24, 2.45) is 11.8 Å². The molecule has 2 N–H and O–H groups in total. The Balaban J connectivity index is 1.36. The van der Waals surface area contributed by atoms with Crippen molar-refractivity contribution >= 4 is 17.5 Å². The molecule has 1 aromatic carbocycles. The molecule has 3 fully saturated rings. The van der Waals surface area contributed by atoms with Gasteiger partial charge in [-0.2, -0.15) is 0 Å². The second-order valence-electron chi connectivity index (χ2n) is 10.4. The lowest BCUT2D eigenvalue weighted by Crippen LogP contribution is -2.54. The van der Waals surface area contributed by atoms with E-state index < -0.39 is 0 Å². The van der Waals surface area contributed by atoms with Crippen LogP contribution in [0.25, 0.3) is 0 Å². The number of rotatable bonds is 6. The predicted molar refractivity (Wildman–Crippen MR) is 126 cm³/mol. The van der Waals surface area contributed by atoms with Gasteiger partial charge in [0.25, 0.3) is 0 Å². The minimum atomic E-state index is -0.356. The quantitative estimate of drug-likeness (QED) is 0.678. The van der Waals surface area contributed by atoms with Crippen molar-refractivity contribution in [1.29, 1.82) is 0 Å². The number of nitrogens with zero attached hydrogens (tertiary/aromatic N) is 2. The van der Waals surface area contributed by atoms with Crippen LogP contribution in [-0.2, 0) is 16.1 Å². The van der Waals surface area contributed by atoms with Crippen molar-refractivity contribution in [2.75, 3.05) is 25.0 Å². The number of aliphatic hydroxyl groups excluding tert-OH is 1. The van der Waals surface area contributed by atoms with E-state index in [0.717, 1.165) is 62.7 Å². The van der Waals surface area contributed by atoms with Crippen molar-refractivity contribution in [1.82, 2.24) is 9.80 Å². The molecule has 7 heteroatoms. The zero-order chi connectivity index (χ0) is 23.5. The maximum atomic E-state index is 14.4. The van der Waals surface area contributed by atoms with Crippen LogP contribution in [0.1, 0.15) is 69.4 Å². The van der Waals surface area contributed by atoms with E-state index in [0.29, 0.717) is 37.5 Å². The van der Waals surface area contributed by atoms with Gasteiger partial charge < -0.3 is 15.3 Å². The molecule has 1 aromatic rings. The lowest BCUT2D eigenvalue weighted by Gasteiger charge is -2.41. The third-order valence-corrected chi connectivity index (χ3v) is 7.83. The Labute approximate surface area is 196 Å². The SMILES string of the molecule is Cc1c(CN2CCN(C(=O)C3CCCC3)[C@@H](C)C2)cc(F)cc1NC(=O)CC1CCC(O)C1. The molecule has 0 spiro atoms. The van der Waals surface area contributed by atoms with Crippen molar-refractivity contribution in [3.05, 3.63) is 29.1 Å². The standard InChI is InChI=1S/C26H38FN3O3/c1-17-15-29(9-10-30(17)26(33)20-5-3-4-6-20)16-21-13-22(27)14-24(18(21)2)28-25(32)12-19-7-8-23(31)11-19/h13-14,17,19-20,23,31H,3-12,15-16H2,1-2H3,(H,28,32)/t17-,19?,23?/m0/s1. The Morgan fingerprint density at radius 2 is 1.91 bits per heavy atom. The molecule has 2 amide bonds. The first-order chi connectivity index (χ1) is 15.8. The number of amides is 2. The van der Waals surface area contributed by atoms with Gasteiger partial charge in [-0.25, -0.2) is 4.39 Å². The first-order valence-electron chi connectivity index (χ1n) is 12.6. The second kappa shape index (κ2) is 10.5.